The predicted molar refractivity (Wildman–Crippen MR) is 98.8 cm³/mol. The molecule has 2 saturated heterocycles. The van der Waals surface area contributed by atoms with Gasteiger partial charge in [0.2, 0.25) is 5.91 Å². The molecule has 0 radical (unpaired) electrons. The largest absolute Gasteiger partial charge is 0.381 e. The molecule has 26 heavy (non-hydrogen) atoms. The number of rotatable bonds is 4. The first-order valence-electron chi connectivity index (χ1n) is 10.1. The normalized spacial score (nSPS) is 25.7. The van der Waals surface area contributed by atoms with Crippen molar-refractivity contribution in [2.24, 2.45) is 11.8 Å². The molecule has 0 bridgehead atoms. The van der Waals surface area contributed by atoms with Crippen molar-refractivity contribution < 1.29 is 14.3 Å². The minimum Gasteiger partial charge on any atom is -0.381 e. The summed E-state index contributed by atoms with van der Waals surface area (Å²) in [6, 6.07) is 4.36. The van der Waals surface area contributed by atoms with Gasteiger partial charge in [-0.3, -0.25) is 9.69 Å². The minimum atomic E-state index is 0.292. The van der Waals surface area contributed by atoms with Gasteiger partial charge in [0.25, 0.3) is 0 Å². The van der Waals surface area contributed by atoms with Gasteiger partial charge in [0.15, 0.2) is 0 Å². The average molecular weight is 361 g/mol. The van der Waals surface area contributed by atoms with Gasteiger partial charge in [0.1, 0.15) is 0 Å². The molecule has 6 nitrogen and oxygen atoms in total. The highest BCUT2D eigenvalue weighted by Gasteiger charge is 2.27. The first-order valence-corrected chi connectivity index (χ1v) is 10.1. The lowest BCUT2D eigenvalue weighted by Gasteiger charge is -2.31. The van der Waals surface area contributed by atoms with Crippen LogP contribution in [0.1, 0.15) is 25.0 Å². The van der Waals surface area contributed by atoms with E-state index >= 15 is 0 Å². The Kier molecular flexibility index (Phi) is 5.92. The van der Waals surface area contributed by atoms with Crippen LogP contribution in [0.3, 0.4) is 0 Å². The Hall–Kier alpha value is -1.37. The quantitative estimate of drug-likeness (QED) is 0.817. The molecular formula is C20H31N3O3. The number of morpholine rings is 1. The molecule has 6 heteroatoms. The third kappa shape index (κ3) is 4.48. The zero-order valence-corrected chi connectivity index (χ0v) is 15.6. The summed E-state index contributed by atoms with van der Waals surface area (Å²) in [6.45, 7) is 8.70. The molecule has 0 spiro atoms. The Morgan fingerprint density at radius 2 is 1.81 bits per heavy atom. The van der Waals surface area contributed by atoms with Gasteiger partial charge >= 0.3 is 0 Å². The molecule has 1 aromatic heterocycles. The molecule has 3 aliphatic rings. The summed E-state index contributed by atoms with van der Waals surface area (Å²) < 4.78 is 13.2. The molecule has 144 valence electrons. The summed E-state index contributed by atoms with van der Waals surface area (Å²) in [5, 5.41) is 0. The number of carbonyl (C=O) groups excluding carboxylic acids is 1. The Labute approximate surface area is 156 Å². The fraction of sp³-hybridized carbons (Fsp3) is 0.750. The molecule has 2 fully saturated rings. The van der Waals surface area contributed by atoms with E-state index < -0.39 is 0 Å². The van der Waals surface area contributed by atoms with E-state index in [4.69, 9.17) is 9.47 Å². The van der Waals surface area contributed by atoms with Gasteiger partial charge in [-0.15, -0.1) is 0 Å². The molecule has 1 amide bonds. The smallest absolute Gasteiger partial charge is 0.223 e. The lowest BCUT2D eigenvalue weighted by molar-refractivity contribution is -0.136. The van der Waals surface area contributed by atoms with Crippen molar-refractivity contribution in [1.82, 2.24) is 14.4 Å². The van der Waals surface area contributed by atoms with Crippen LogP contribution < -0.4 is 0 Å². The maximum absolute atomic E-state index is 12.8. The Bertz CT molecular complexity index is 591. The second kappa shape index (κ2) is 8.55. The molecule has 0 aromatic carbocycles. The number of nitrogens with zero attached hydrogens (tertiary/aromatic N) is 3. The van der Waals surface area contributed by atoms with Crippen molar-refractivity contribution in [2.45, 2.75) is 32.4 Å². The second-order valence-electron chi connectivity index (χ2n) is 7.97. The van der Waals surface area contributed by atoms with Crippen LogP contribution in [0, 0.1) is 11.8 Å². The summed E-state index contributed by atoms with van der Waals surface area (Å²) in [6.07, 6.45) is 5.13. The maximum Gasteiger partial charge on any atom is 0.223 e. The standard InChI is InChI=1S/C20H31N3O3/c24-20(22-6-10-26-11-7-22)12-18-14-21(13-17-3-8-25-9-4-17)16-19-2-1-5-23(19)15-18/h1-2,5,17-18H,3-4,6-16H2. The zero-order valence-electron chi connectivity index (χ0n) is 15.6. The van der Waals surface area contributed by atoms with Crippen LogP contribution >= 0.6 is 0 Å². The topological polar surface area (TPSA) is 46.9 Å². The summed E-state index contributed by atoms with van der Waals surface area (Å²) in [4.78, 5) is 17.3. The van der Waals surface area contributed by atoms with Crippen molar-refractivity contribution in [1.29, 1.82) is 0 Å². The highest BCUT2D eigenvalue weighted by Crippen LogP contribution is 2.24. The lowest BCUT2D eigenvalue weighted by atomic mass is 9.98. The fourth-order valence-electron chi connectivity index (χ4n) is 4.52. The molecule has 1 unspecified atom stereocenters. The number of ether oxygens (including phenoxy) is 2. The van der Waals surface area contributed by atoms with Gasteiger partial charge in [-0.25, -0.2) is 0 Å². The van der Waals surface area contributed by atoms with Crippen LogP contribution in [0.15, 0.2) is 18.3 Å². The van der Waals surface area contributed by atoms with Gasteiger partial charge in [-0.05, 0) is 36.8 Å². The third-order valence-corrected chi connectivity index (χ3v) is 5.96. The molecule has 4 heterocycles. The number of hydrogen-bond acceptors (Lipinski definition) is 4. The van der Waals surface area contributed by atoms with Crippen LogP contribution in [0.5, 0.6) is 0 Å². The first kappa shape index (κ1) is 18.0. The van der Waals surface area contributed by atoms with Crippen LogP contribution in [-0.2, 0) is 27.4 Å². The van der Waals surface area contributed by atoms with E-state index in [-0.39, 0.29) is 0 Å². The molecule has 0 aliphatic carbocycles. The predicted octanol–water partition coefficient (Wildman–Crippen LogP) is 1.60. The monoisotopic (exact) mass is 361 g/mol. The Morgan fingerprint density at radius 1 is 1.04 bits per heavy atom. The van der Waals surface area contributed by atoms with Gasteiger partial charge in [-0.1, -0.05) is 0 Å². The van der Waals surface area contributed by atoms with E-state index in [1.807, 2.05) is 4.90 Å². The van der Waals surface area contributed by atoms with E-state index in [2.05, 4.69) is 27.8 Å². The van der Waals surface area contributed by atoms with Gasteiger partial charge in [0, 0.05) is 70.8 Å². The number of amides is 1. The van der Waals surface area contributed by atoms with Crippen molar-refractivity contribution in [3.8, 4) is 0 Å². The average Bonchev–Trinajstić information content (AvgIpc) is 3.03. The van der Waals surface area contributed by atoms with Crippen molar-refractivity contribution in [2.75, 3.05) is 52.6 Å². The highest BCUT2D eigenvalue weighted by molar-refractivity contribution is 5.76. The molecule has 4 rings (SSSR count). The summed E-state index contributed by atoms with van der Waals surface area (Å²) in [7, 11) is 0. The number of hydrogen-bond donors (Lipinski definition) is 0. The molecular weight excluding hydrogens is 330 g/mol. The summed E-state index contributed by atoms with van der Waals surface area (Å²) in [5.41, 5.74) is 1.37. The number of carbonyl (C=O) groups is 1. The third-order valence-electron chi connectivity index (χ3n) is 5.96. The molecule has 1 aromatic rings. The van der Waals surface area contributed by atoms with E-state index in [0.717, 1.165) is 71.2 Å². The van der Waals surface area contributed by atoms with Gasteiger partial charge in [-0.2, -0.15) is 0 Å². The molecule has 3 aliphatic heterocycles. The Balaban J connectivity index is 1.41. The summed E-state index contributed by atoms with van der Waals surface area (Å²) in [5.74, 6) is 1.39. The minimum absolute atomic E-state index is 0.292. The molecule has 0 N–H and O–H groups in total. The van der Waals surface area contributed by atoms with Crippen LogP contribution in [0.25, 0.3) is 0 Å². The number of aromatic nitrogens is 1. The van der Waals surface area contributed by atoms with Gasteiger partial charge < -0.3 is 18.9 Å². The van der Waals surface area contributed by atoms with Crippen molar-refractivity contribution in [3.63, 3.8) is 0 Å². The maximum atomic E-state index is 12.8. The van der Waals surface area contributed by atoms with E-state index in [1.165, 1.54) is 5.69 Å². The molecule has 0 saturated carbocycles. The van der Waals surface area contributed by atoms with Gasteiger partial charge in [0.05, 0.1) is 13.2 Å². The van der Waals surface area contributed by atoms with Crippen molar-refractivity contribution >= 4 is 5.91 Å². The fourth-order valence-corrected chi connectivity index (χ4v) is 4.52. The van der Waals surface area contributed by atoms with E-state index in [0.29, 0.717) is 31.5 Å². The first-order chi connectivity index (χ1) is 12.8. The van der Waals surface area contributed by atoms with Crippen LogP contribution in [0.4, 0.5) is 0 Å². The zero-order chi connectivity index (χ0) is 17.8. The van der Waals surface area contributed by atoms with E-state index in [1.54, 1.807) is 0 Å². The van der Waals surface area contributed by atoms with Crippen LogP contribution in [0.2, 0.25) is 0 Å². The molecule has 1 atom stereocenters. The second-order valence-corrected chi connectivity index (χ2v) is 7.97. The van der Waals surface area contributed by atoms with Crippen molar-refractivity contribution in [3.05, 3.63) is 24.0 Å². The van der Waals surface area contributed by atoms with Crippen LogP contribution in [-0.4, -0.2) is 72.9 Å². The highest BCUT2D eigenvalue weighted by atomic mass is 16.5. The van der Waals surface area contributed by atoms with E-state index in [9.17, 15) is 4.79 Å². The Morgan fingerprint density at radius 3 is 2.62 bits per heavy atom. The SMILES string of the molecule is O=C(CC1CN(CC2CCOCC2)Cc2cccn2C1)N1CCOCC1. The summed E-state index contributed by atoms with van der Waals surface area (Å²) >= 11 is 0. The number of fused-ring (bicyclic) bond motifs is 1. The lowest BCUT2D eigenvalue weighted by Crippen LogP contribution is -2.42.